The molecule has 0 aliphatic rings. The van der Waals surface area contributed by atoms with Crippen molar-refractivity contribution in [1.29, 1.82) is 0 Å². The van der Waals surface area contributed by atoms with Gasteiger partial charge in [0, 0.05) is 24.0 Å². The van der Waals surface area contributed by atoms with E-state index in [9.17, 15) is 27.9 Å². The summed E-state index contributed by atoms with van der Waals surface area (Å²) in [6.45, 7) is 3.06. The quantitative estimate of drug-likeness (QED) is 0.476. The number of esters is 1. The van der Waals surface area contributed by atoms with Crippen molar-refractivity contribution in [3.8, 4) is 22.6 Å². The van der Waals surface area contributed by atoms with E-state index in [-0.39, 0.29) is 11.4 Å². The van der Waals surface area contributed by atoms with E-state index in [1.54, 1.807) is 31.2 Å². The Morgan fingerprint density at radius 1 is 1.00 bits per heavy atom. The van der Waals surface area contributed by atoms with Crippen molar-refractivity contribution in [2.24, 2.45) is 0 Å². The van der Waals surface area contributed by atoms with Gasteiger partial charge in [0.2, 0.25) is 0 Å². The van der Waals surface area contributed by atoms with Crippen molar-refractivity contribution >= 4 is 11.9 Å². The van der Waals surface area contributed by atoms with E-state index < -0.39 is 41.6 Å². The van der Waals surface area contributed by atoms with Crippen molar-refractivity contribution in [2.75, 3.05) is 7.11 Å². The molecule has 0 aliphatic carbocycles. The molecule has 2 N–H and O–H groups in total. The molecule has 8 nitrogen and oxygen atoms in total. The third-order valence-corrected chi connectivity index (χ3v) is 5.08. The molecule has 0 spiro atoms. The first-order valence-corrected chi connectivity index (χ1v) is 10.4. The average Bonchev–Trinajstić information content (AvgIpc) is 2.83. The van der Waals surface area contributed by atoms with E-state index in [1.807, 2.05) is 0 Å². The van der Waals surface area contributed by atoms with Gasteiger partial charge in [0.25, 0.3) is 5.91 Å². The summed E-state index contributed by atoms with van der Waals surface area (Å²) in [5.41, 5.74) is 0.495. The van der Waals surface area contributed by atoms with Gasteiger partial charge in [-0.25, -0.2) is 9.78 Å². The minimum Gasteiger partial charge on any atom is -0.503 e. The van der Waals surface area contributed by atoms with Crippen LogP contribution < -0.4 is 10.1 Å². The molecule has 0 saturated carbocycles. The molecule has 3 aromatic rings. The Morgan fingerprint density at radius 3 is 2.23 bits per heavy atom. The van der Waals surface area contributed by atoms with E-state index >= 15 is 0 Å². The van der Waals surface area contributed by atoms with Gasteiger partial charge >= 0.3 is 12.1 Å². The zero-order valence-electron chi connectivity index (χ0n) is 19.0. The van der Waals surface area contributed by atoms with Crippen molar-refractivity contribution in [1.82, 2.24) is 15.3 Å². The first-order chi connectivity index (χ1) is 16.5. The van der Waals surface area contributed by atoms with Crippen molar-refractivity contribution in [3.05, 3.63) is 71.8 Å². The highest BCUT2D eigenvalue weighted by Gasteiger charge is 2.32. The fourth-order valence-electron chi connectivity index (χ4n) is 3.11. The summed E-state index contributed by atoms with van der Waals surface area (Å²) in [7, 11) is 1.32. The largest absolute Gasteiger partial charge is 0.503 e. The summed E-state index contributed by atoms with van der Waals surface area (Å²) in [5, 5.41) is 12.5. The lowest BCUT2D eigenvalue weighted by atomic mass is 10.0. The Hall–Kier alpha value is -4.15. The molecule has 0 unspecified atom stereocenters. The summed E-state index contributed by atoms with van der Waals surface area (Å²) in [6.07, 6.45) is -2.77. The maximum atomic E-state index is 12.7. The van der Waals surface area contributed by atoms with Crippen LogP contribution in [0.25, 0.3) is 11.1 Å². The fourth-order valence-corrected chi connectivity index (χ4v) is 3.11. The fraction of sp³-hybridized carbons (Fsp3) is 0.250. The summed E-state index contributed by atoms with van der Waals surface area (Å²) in [5.74, 6) is -1.90. The Morgan fingerprint density at radius 2 is 1.66 bits per heavy atom. The summed E-state index contributed by atoms with van der Waals surface area (Å²) in [6, 6.07) is 9.26. The minimum absolute atomic E-state index is 0.0597. The molecule has 0 bridgehead atoms. The normalized spacial score (nSPS) is 13.0. The molecule has 1 aromatic carbocycles. The van der Waals surface area contributed by atoms with E-state index in [0.717, 1.165) is 12.3 Å². The molecule has 11 heteroatoms. The number of aromatic nitrogens is 2. The van der Waals surface area contributed by atoms with Crippen molar-refractivity contribution in [2.45, 2.75) is 32.2 Å². The highest BCUT2D eigenvalue weighted by atomic mass is 19.4. The zero-order valence-corrected chi connectivity index (χ0v) is 19.0. The third-order valence-electron chi connectivity index (χ3n) is 5.08. The Bertz CT molecular complexity index is 1200. The number of carbonyl (C=O) groups is 2. The average molecular weight is 489 g/mol. The van der Waals surface area contributed by atoms with Crippen LogP contribution in [0.2, 0.25) is 0 Å². The van der Waals surface area contributed by atoms with Gasteiger partial charge in [-0.3, -0.25) is 9.78 Å². The highest BCUT2D eigenvalue weighted by molar-refractivity contribution is 5.97. The number of hydrogen-bond donors (Lipinski definition) is 2. The lowest BCUT2D eigenvalue weighted by Crippen LogP contribution is -2.40. The van der Waals surface area contributed by atoms with Gasteiger partial charge in [0.15, 0.2) is 17.2 Å². The van der Waals surface area contributed by atoms with E-state index in [4.69, 9.17) is 9.47 Å². The maximum absolute atomic E-state index is 12.7. The topological polar surface area (TPSA) is 111 Å². The number of alkyl halides is 3. The van der Waals surface area contributed by atoms with Crippen molar-refractivity contribution < 1.29 is 37.3 Å². The second-order valence-corrected chi connectivity index (χ2v) is 7.54. The predicted octanol–water partition coefficient (Wildman–Crippen LogP) is 4.30. The first kappa shape index (κ1) is 25.5. The lowest BCUT2D eigenvalue weighted by molar-refractivity contribution is -0.150. The summed E-state index contributed by atoms with van der Waals surface area (Å²) in [4.78, 5) is 32.1. The number of carbonyl (C=O) groups excluding carboxylic acids is 2. The summed E-state index contributed by atoms with van der Waals surface area (Å²) < 4.78 is 48.4. The second kappa shape index (κ2) is 10.4. The summed E-state index contributed by atoms with van der Waals surface area (Å²) >= 11 is 0. The number of amides is 1. The second-order valence-electron chi connectivity index (χ2n) is 7.54. The third kappa shape index (κ3) is 6.05. The molecular formula is C24H22F3N3O5. The number of halogens is 3. The molecule has 0 fully saturated rings. The van der Waals surface area contributed by atoms with Gasteiger partial charge in [-0.05, 0) is 31.0 Å². The van der Waals surface area contributed by atoms with Gasteiger partial charge in [0.05, 0.1) is 7.11 Å². The first-order valence-electron chi connectivity index (χ1n) is 10.4. The minimum atomic E-state index is -4.51. The van der Waals surface area contributed by atoms with Crippen molar-refractivity contribution in [3.63, 3.8) is 0 Å². The molecule has 3 rings (SSSR count). The smallest absolute Gasteiger partial charge is 0.433 e. The molecule has 0 aliphatic heterocycles. The van der Waals surface area contributed by atoms with E-state index in [2.05, 4.69) is 15.3 Å². The predicted molar refractivity (Wildman–Crippen MR) is 119 cm³/mol. The van der Waals surface area contributed by atoms with Gasteiger partial charge in [-0.15, -0.1) is 0 Å². The Kier molecular flexibility index (Phi) is 7.58. The van der Waals surface area contributed by atoms with Crippen LogP contribution in [-0.4, -0.2) is 40.1 Å². The number of aromatic hydroxyl groups is 1. The number of hydrogen-bond acceptors (Lipinski definition) is 7. The van der Waals surface area contributed by atoms with E-state index in [1.165, 1.54) is 32.4 Å². The molecule has 2 aromatic heterocycles. The number of methoxy groups -OCH3 is 1. The van der Waals surface area contributed by atoms with Crippen LogP contribution >= 0.6 is 0 Å². The van der Waals surface area contributed by atoms with Crippen LogP contribution in [0.4, 0.5) is 13.2 Å². The van der Waals surface area contributed by atoms with Gasteiger partial charge < -0.3 is 19.9 Å². The molecule has 35 heavy (non-hydrogen) atoms. The molecule has 2 heterocycles. The van der Waals surface area contributed by atoms with Crippen LogP contribution in [0.5, 0.6) is 11.5 Å². The molecular weight excluding hydrogens is 467 g/mol. The molecule has 0 saturated heterocycles. The van der Waals surface area contributed by atoms with Gasteiger partial charge in [-0.1, -0.05) is 30.3 Å². The monoisotopic (exact) mass is 489 g/mol. The van der Waals surface area contributed by atoms with Gasteiger partial charge in [-0.2, -0.15) is 13.2 Å². The number of nitrogens with one attached hydrogen (secondary N) is 1. The van der Waals surface area contributed by atoms with Crippen LogP contribution in [0.1, 0.15) is 41.7 Å². The number of pyridine rings is 2. The standard InChI is InChI=1S/C24H22F3N3O5/c1-13(30-22(32)20-21(31)18(34-3)10-11-28-20)23(33)35-14(2)15-4-6-16(7-5-15)17-8-9-19(29-12-17)24(25,26)27/h4-14,31H,1-3H3,(H,30,32)/t13-,14-/m0/s1. The zero-order chi connectivity index (χ0) is 25.8. The maximum Gasteiger partial charge on any atom is 0.433 e. The highest BCUT2D eigenvalue weighted by Crippen LogP contribution is 2.30. The molecule has 2 atom stereocenters. The van der Waals surface area contributed by atoms with E-state index in [0.29, 0.717) is 16.7 Å². The Balaban J connectivity index is 1.61. The molecule has 0 radical (unpaired) electrons. The Labute approximate surface area is 198 Å². The molecule has 184 valence electrons. The lowest BCUT2D eigenvalue weighted by Gasteiger charge is -2.18. The number of benzene rings is 1. The van der Waals surface area contributed by atoms with Crippen LogP contribution in [0, 0.1) is 0 Å². The molecule has 1 amide bonds. The van der Waals surface area contributed by atoms with Crippen LogP contribution in [0.3, 0.4) is 0 Å². The van der Waals surface area contributed by atoms with Crippen LogP contribution in [0.15, 0.2) is 54.9 Å². The number of rotatable bonds is 7. The van der Waals surface area contributed by atoms with Crippen LogP contribution in [-0.2, 0) is 15.7 Å². The number of ether oxygens (including phenoxy) is 2. The number of nitrogens with zero attached hydrogens (tertiary/aromatic N) is 2. The van der Waals surface area contributed by atoms with Gasteiger partial charge in [0.1, 0.15) is 17.8 Å². The SMILES string of the molecule is COc1ccnc(C(=O)N[C@@H](C)C(=O)O[C@@H](C)c2ccc(-c3ccc(C(F)(F)F)nc3)cc2)c1O.